The average molecular weight is 294 g/mol. The van der Waals surface area contributed by atoms with Crippen molar-refractivity contribution in [1.29, 1.82) is 0 Å². The number of para-hydroxylation sites is 1. The van der Waals surface area contributed by atoms with Gasteiger partial charge >= 0.3 is 0 Å². The second-order valence-corrected chi connectivity index (χ2v) is 5.96. The van der Waals surface area contributed by atoms with Crippen LogP contribution in [-0.4, -0.2) is 59.1 Å². The SMILES string of the molecule is CN1CCN(C)C(Cn2c(=S)[nH]c3c(F)cccc32)C1. The van der Waals surface area contributed by atoms with E-state index < -0.39 is 0 Å². The van der Waals surface area contributed by atoms with Crippen molar-refractivity contribution in [3.05, 3.63) is 28.8 Å². The Morgan fingerprint density at radius 1 is 1.35 bits per heavy atom. The highest BCUT2D eigenvalue weighted by Crippen LogP contribution is 2.19. The van der Waals surface area contributed by atoms with Crippen LogP contribution < -0.4 is 0 Å². The molecule has 1 aliphatic heterocycles. The summed E-state index contributed by atoms with van der Waals surface area (Å²) in [6, 6.07) is 5.49. The van der Waals surface area contributed by atoms with E-state index in [0.717, 1.165) is 31.7 Å². The van der Waals surface area contributed by atoms with Crippen molar-refractivity contribution >= 4 is 23.3 Å². The zero-order chi connectivity index (χ0) is 14.3. The maximum atomic E-state index is 13.8. The third-order valence-electron chi connectivity index (χ3n) is 4.13. The molecule has 1 aromatic heterocycles. The standard InChI is InChI=1S/C14H19FN4S/c1-17-6-7-18(2)10(8-17)9-19-12-5-3-4-11(15)13(12)16-14(19)20/h3-5,10H,6-9H2,1-2H3,(H,16,20). The van der Waals surface area contributed by atoms with Crippen molar-refractivity contribution in [2.24, 2.45) is 0 Å². The van der Waals surface area contributed by atoms with Gasteiger partial charge in [-0.3, -0.25) is 4.90 Å². The molecule has 2 heterocycles. The van der Waals surface area contributed by atoms with Gasteiger partial charge in [0, 0.05) is 32.2 Å². The maximum Gasteiger partial charge on any atom is 0.178 e. The molecule has 1 aromatic carbocycles. The van der Waals surface area contributed by atoms with Crippen molar-refractivity contribution in [3.63, 3.8) is 0 Å². The van der Waals surface area contributed by atoms with Gasteiger partial charge in [0.25, 0.3) is 0 Å². The van der Waals surface area contributed by atoms with E-state index in [9.17, 15) is 4.39 Å². The van der Waals surface area contributed by atoms with E-state index in [4.69, 9.17) is 12.2 Å². The molecular formula is C14H19FN4S. The molecule has 1 saturated heterocycles. The van der Waals surface area contributed by atoms with Gasteiger partial charge < -0.3 is 14.5 Å². The monoisotopic (exact) mass is 294 g/mol. The van der Waals surface area contributed by atoms with Gasteiger partial charge in [-0.1, -0.05) is 6.07 Å². The van der Waals surface area contributed by atoms with Crippen LogP contribution in [0.5, 0.6) is 0 Å². The number of nitrogens with one attached hydrogen (secondary N) is 1. The first kappa shape index (κ1) is 13.7. The van der Waals surface area contributed by atoms with Gasteiger partial charge in [0.2, 0.25) is 0 Å². The first-order valence-corrected chi connectivity index (χ1v) is 7.23. The summed E-state index contributed by atoms with van der Waals surface area (Å²) < 4.78 is 16.4. The highest BCUT2D eigenvalue weighted by atomic mass is 32.1. The van der Waals surface area contributed by atoms with Crippen molar-refractivity contribution in [2.75, 3.05) is 33.7 Å². The molecule has 1 aliphatic rings. The lowest BCUT2D eigenvalue weighted by atomic mass is 10.2. The zero-order valence-electron chi connectivity index (χ0n) is 11.8. The molecule has 6 heteroatoms. The van der Waals surface area contributed by atoms with Crippen LogP contribution >= 0.6 is 12.2 Å². The Morgan fingerprint density at radius 2 is 2.15 bits per heavy atom. The number of benzene rings is 1. The maximum absolute atomic E-state index is 13.8. The Bertz CT molecular complexity index is 677. The van der Waals surface area contributed by atoms with Gasteiger partial charge in [0.05, 0.1) is 5.52 Å². The normalized spacial score (nSPS) is 21.6. The van der Waals surface area contributed by atoms with E-state index in [1.54, 1.807) is 6.07 Å². The molecule has 0 amide bonds. The number of rotatable bonds is 2. The lowest BCUT2D eigenvalue weighted by Gasteiger charge is -2.37. The molecule has 3 rings (SSSR count). The lowest BCUT2D eigenvalue weighted by molar-refractivity contribution is 0.103. The molecule has 0 bridgehead atoms. The molecule has 1 N–H and O–H groups in total. The predicted molar refractivity (Wildman–Crippen MR) is 81.0 cm³/mol. The molecule has 1 atom stereocenters. The van der Waals surface area contributed by atoms with E-state index in [2.05, 4.69) is 28.9 Å². The summed E-state index contributed by atoms with van der Waals surface area (Å²) in [6.45, 7) is 3.91. The van der Waals surface area contributed by atoms with Gasteiger partial charge in [-0.15, -0.1) is 0 Å². The highest BCUT2D eigenvalue weighted by molar-refractivity contribution is 7.71. The lowest BCUT2D eigenvalue weighted by Crippen LogP contribution is -2.51. The number of hydrogen-bond donors (Lipinski definition) is 1. The van der Waals surface area contributed by atoms with Gasteiger partial charge in [-0.25, -0.2) is 4.39 Å². The smallest absolute Gasteiger partial charge is 0.178 e. The van der Waals surface area contributed by atoms with Crippen LogP contribution in [0.3, 0.4) is 0 Å². The summed E-state index contributed by atoms with van der Waals surface area (Å²) in [5.41, 5.74) is 1.35. The van der Waals surface area contributed by atoms with E-state index >= 15 is 0 Å². The van der Waals surface area contributed by atoms with Crippen LogP contribution in [0, 0.1) is 10.6 Å². The molecule has 4 nitrogen and oxygen atoms in total. The third-order valence-corrected chi connectivity index (χ3v) is 4.46. The minimum atomic E-state index is -0.249. The van der Waals surface area contributed by atoms with Crippen LogP contribution in [0.25, 0.3) is 11.0 Å². The van der Waals surface area contributed by atoms with E-state index in [1.165, 1.54) is 6.07 Å². The second kappa shape index (κ2) is 5.27. The highest BCUT2D eigenvalue weighted by Gasteiger charge is 2.23. The molecule has 1 fully saturated rings. The van der Waals surface area contributed by atoms with Crippen molar-refractivity contribution in [3.8, 4) is 0 Å². The summed E-state index contributed by atoms with van der Waals surface area (Å²) in [5, 5.41) is 0. The van der Waals surface area contributed by atoms with Crippen LogP contribution in [0.15, 0.2) is 18.2 Å². The van der Waals surface area contributed by atoms with Crippen LogP contribution in [-0.2, 0) is 6.54 Å². The topological polar surface area (TPSA) is 27.2 Å². The van der Waals surface area contributed by atoms with Crippen LogP contribution in [0.1, 0.15) is 0 Å². The predicted octanol–water partition coefficient (Wildman–Crippen LogP) is 2.08. The van der Waals surface area contributed by atoms with E-state index in [0.29, 0.717) is 16.3 Å². The summed E-state index contributed by atoms with van der Waals surface area (Å²) in [4.78, 5) is 7.65. The average Bonchev–Trinajstić information content (AvgIpc) is 2.73. The van der Waals surface area contributed by atoms with E-state index in [-0.39, 0.29) is 5.82 Å². The third kappa shape index (κ3) is 2.39. The summed E-state index contributed by atoms with van der Waals surface area (Å²) in [5.74, 6) is -0.249. The first-order chi connectivity index (χ1) is 9.56. The fourth-order valence-electron chi connectivity index (χ4n) is 2.84. The van der Waals surface area contributed by atoms with Crippen molar-refractivity contribution < 1.29 is 4.39 Å². The first-order valence-electron chi connectivity index (χ1n) is 6.82. The van der Waals surface area contributed by atoms with Gasteiger partial charge in [-0.05, 0) is 38.4 Å². The molecule has 0 spiro atoms. The van der Waals surface area contributed by atoms with Crippen molar-refractivity contribution in [2.45, 2.75) is 12.6 Å². The fourth-order valence-corrected chi connectivity index (χ4v) is 3.11. The van der Waals surface area contributed by atoms with Gasteiger partial charge in [-0.2, -0.15) is 0 Å². The van der Waals surface area contributed by atoms with Gasteiger partial charge in [0.15, 0.2) is 4.77 Å². The van der Waals surface area contributed by atoms with E-state index in [1.807, 2.05) is 10.6 Å². The van der Waals surface area contributed by atoms with Crippen LogP contribution in [0.4, 0.5) is 4.39 Å². The number of hydrogen-bond acceptors (Lipinski definition) is 3. The Labute approximate surface area is 122 Å². The fraction of sp³-hybridized carbons (Fsp3) is 0.500. The minimum Gasteiger partial charge on any atom is -0.328 e. The summed E-state index contributed by atoms with van der Waals surface area (Å²) in [7, 11) is 4.27. The number of piperazine rings is 1. The minimum absolute atomic E-state index is 0.249. The largest absolute Gasteiger partial charge is 0.328 e. The number of likely N-dealkylation sites (N-methyl/N-ethyl adjacent to an activating group) is 2. The summed E-state index contributed by atoms with van der Waals surface area (Å²) >= 11 is 5.36. The Hall–Kier alpha value is -1.24. The number of aromatic amines is 1. The summed E-state index contributed by atoms with van der Waals surface area (Å²) in [6.07, 6.45) is 0. The quantitative estimate of drug-likeness (QED) is 0.859. The second-order valence-electron chi connectivity index (χ2n) is 5.57. The number of fused-ring (bicyclic) bond motifs is 1. The Morgan fingerprint density at radius 3 is 2.95 bits per heavy atom. The van der Waals surface area contributed by atoms with Gasteiger partial charge in [0.1, 0.15) is 11.3 Å². The molecule has 20 heavy (non-hydrogen) atoms. The van der Waals surface area contributed by atoms with Crippen molar-refractivity contribution in [1.82, 2.24) is 19.4 Å². The molecule has 108 valence electrons. The Kier molecular flexibility index (Phi) is 3.62. The molecule has 1 unspecified atom stereocenters. The number of H-pyrrole nitrogens is 1. The molecular weight excluding hydrogens is 275 g/mol. The number of aromatic nitrogens is 2. The molecule has 0 radical (unpaired) electrons. The molecule has 2 aromatic rings. The number of nitrogens with zero attached hydrogens (tertiary/aromatic N) is 3. The molecule has 0 saturated carbocycles. The Balaban J connectivity index is 1.96. The molecule has 0 aliphatic carbocycles. The number of imidazole rings is 1. The number of halogens is 1. The zero-order valence-corrected chi connectivity index (χ0v) is 12.6. The van der Waals surface area contributed by atoms with Crippen LogP contribution in [0.2, 0.25) is 0 Å².